The molecule has 0 unspecified atom stereocenters. The van der Waals surface area contributed by atoms with Crippen LogP contribution in [0.1, 0.15) is 13.8 Å². The van der Waals surface area contributed by atoms with E-state index in [4.69, 9.17) is 0 Å². The lowest BCUT2D eigenvalue weighted by molar-refractivity contribution is 1.25. The van der Waals surface area contributed by atoms with Crippen molar-refractivity contribution in [2.45, 2.75) is 39.0 Å². The molecule has 0 saturated carbocycles. The van der Waals surface area contributed by atoms with Crippen LogP contribution in [0, 0.1) is 0 Å². The average molecular weight is 116 g/mol. The quantitative estimate of drug-likeness (QED) is 0.487. The van der Waals surface area contributed by atoms with Gasteiger partial charge in [-0.3, -0.25) is 0 Å². The molecule has 0 aromatic carbocycles. The summed E-state index contributed by atoms with van der Waals surface area (Å²) in [4.78, 5) is 0. The van der Waals surface area contributed by atoms with Crippen molar-refractivity contribution in [2.24, 2.45) is 0 Å². The highest BCUT2D eigenvalue weighted by Crippen LogP contribution is 2.12. The zero-order valence-corrected chi connectivity index (χ0v) is 6.91. The minimum atomic E-state index is -0.651. The highest BCUT2D eigenvalue weighted by molar-refractivity contribution is 6.77. The zero-order chi connectivity index (χ0) is 5.91. The van der Waals surface area contributed by atoms with Gasteiger partial charge in [-0.15, -0.1) is 0 Å². The fourth-order valence-corrected chi connectivity index (χ4v) is 0.750. The topological polar surface area (TPSA) is 0 Å². The smallest absolute Gasteiger partial charge is 0.0468 e. The molecular weight excluding hydrogens is 100 g/mol. The Hall–Kier alpha value is 0.217. The van der Waals surface area contributed by atoms with Crippen LogP contribution in [0.3, 0.4) is 0 Å². The van der Waals surface area contributed by atoms with Crippen molar-refractivity contribution >= 4 is 8.07 Å². The van der Waals surface area contributed by atoms with Crippen molar-refractivity contribution in [3.8, 4) is 0 Å². The monoisotopic (exact) mass is 116 g/mol. The summed E-state index contributed by atoms with van der Waals surface area (Å²) in [7, 11) is -0.651. The molecule has 0 aromatic heterocycles. The summed E-state index contributed by atoms with van der Waals surface area (Å²) in [6.07, 6.45) is 0. The largest absolute Gasteiger partial charge is 0.0694 e. The fourth-order valence-electron chi connectivity index (χ4n) is 0.250. The summed E-state index contributed by atoms with van der Waals surface area (Å²) >= 11 is 0. The first-order valence-corrected chi connectivity index (χ1v) is 6.54. The third-order valence-electron chi connectivity index (χ3n) is 1.91. The Labute approximate surface area is 47.9 Å². The summed E-state index contributed by atoms with van der Waals surface area (Å²) in [6, 6.07) is 2.87. The Morgan fingerprint density at radius 2 is 1.29 bits per heavy atom. The molecule has 0 nitrogen and oxygen atoms in total. The van der Waals surface area contributed by atoms with Crippen LogP contribution in [0.25, 0.3) is 0 Å². The number of hydrogen-bond acceptors (Lipinski definition) is 0. The normalized spacial score (nSPS) is 12.0. The van der Waals surface area contributed by atoms with E-state index in [1.807, 2.05) is 0 Å². The molecule has 0 atom stereocenters. The van der Waals surface area contributed by atoms with Crippen molar-refractivity contribution in [1.29, 1.82) is 0 Å². The van der Waals surface area contributed by atoms with Gasteiger partial charge in [0.1, 0.15) is 0 Å². The standard InChI is InChI=1S/C6H16Si/c1-5-7(3,4)6-2/h5-6H2,1-4H3. The summed E-state index contributed by atoms with van der Waals surface area (Å²) in [6.45, 7) is 9.48. The number of hydrogen-bond donors (Lipinski definition) is 0. The maximum atomic E-state index is 2.44. The lowest BCUT2D eigenvalue weighted by Gasteiger charge is -2.15. The maximum Gasteiger partial charge on any atom is 0.0468 e. The Bertz CT molecular complexity index is 42.1. The summed E-state index contributed by atoms with van der Waals surface area (Å²) in [5.41, 5.74) is 0. The predicted octanol–water partition coefficient (Wildman–Crippen LogP) is 2.73. The van der Waals surface area contributed by atoms with Gasteiger partial charge in [0.2, 0.25) is 0 Å². The highest BCUT2D eigenvalue weighted by atomic mass is 28.3. The van der Waals surface area contributed by atoms with Gasteiger partial charge < -0.3 is 0 Å². The van der Waals surface area contributed by atoms with Gasteiger partial charge in [0, 0.05) is 8.07 Å². The summed E-state index contributed by atoms with van der Waals surface area (Å²) in [5.74, 6) is 0. The Morgan fingerprint density at radius 1 is 1.00 bits per heavy atom. The summed E-state index contributed by atoms with van der Waals surface area (Å²) < 4.78 is 0. The van der Waals surface area contributed by atoms with Gasteiger partial charge in [-0.05, 0) is 0 Å². The lowest BCUT2D eigenvalue weighted by atomic mass is 10.9. The van der Waals surface area contributed by atoms with Crippen molar-refractivity contribution in [1.82, 2.24) is 0 Å². The first-order valence-electron chi connectivity index (χ1n) is 3.12. The zero-order valence-electron chi connectivity index (χ0n) is 5.91. The van der Waals surface area contributed by atoms with Crippen LogP contribution >= 0.6 is 0 Å². The van der Waals surface area contributed by atoms with Crippen LogP contribution in [0.4, 0.5) is 0 Å². The molecule has 44 valence electrons. The molecule has 0 amide bonds. The molecule has 0 N–H and O–H groups in total. The predicted molar refractivity (Wildman–Crippen MR) is 38.4 cm³/mol. The van der Waals surface area contributed by atoms with Crippen molar-refractivity contribution in [3.05, 3.63) is 0 Å². The van der Waals surface area contributed by atoms with Crippen LogP contribution < -0.4 is 0 Å². The molecule has 0 saturated heterocycles. The molecular formula is C6H16Si. The van der Waals surface area contributed by atoms with E-state index in [0.717, 1.165) is 0 Å². The first-order chi connectivity index (χ1) is 3.12. The SMILES string of the molecule is CC[Si](C)(C)CC. The molecule has 0 aliphatic heterocycles. The van der Waals surface area contributed by atoms with E-state index in [-0.39, 0.29) is 0 Å². The second kappa shape index (κ2) is 2.51. The van der Waals surface area contributed by atoms with Crippen molar-refractivity contribution < 1.29 is 0 Å². The fraction of sp³-hybridized carbons (Fsp3) is 1.00. The molecule has 1 heteroatoms. The molecule has 7 heavy (non-hydrogen) atoms. The van der Waals surface area contributed by atoms with E-state index in [9.17, 15) is 0 Å². The van der Waals surface area contributed by atoms with Crippen LogP contribution in [0.2, 0.25) is 25.2 Å². The van der Waals surface area contributed by atoms with Gasteiger partial charge >= 0.3 is 0 Å². The second-order valence-electron chi connectivity index (χ2n) is 2.87. The van der Waals surface area contributed by atoms with Gasteiger partial charge in [-0.1, -0.05) is 39.0 Å². The minimum absolute atomic E-state index is 0.651. The first kappa shape index (κ1) is 7.22. The third-order valence-corrected chi connectivity index (χ3v) is 5.74. The van der Waals surface area contributed by atoms with Crippen molar-refractivity contribution in [3.63, 3.8) is 0 Å². The molecule has 0 radical (unpaired) electrons. The number of rotatable bonds is 2. The van der Waals surface area contributed by atoms with Crippen LogP contribution in [-0.4, -0.2) is 8.07 Å². The van der Waals surface area contributed by atoms with E-state index in [2.05, 4.69) is 26.9 Å². The molecule has 0 aromatic rings. The van der Waals surface area contributed by atoms with Gasteiger partial charge in [0.05, 0.1) is 0 Å². The second-order valence-corrected chi connectivity index (χ2v) is 8.61. The average Bonchev–Trinajstić information content (AvgIpc) is 1.68. The van der Waals surface area contributed by atoms with Gasteiger partial charge in [-0.2, -0.15) is 0 Å². The third kappa shape index (κ3) is 2.86. The molecule has 0 aliphatic rings. The van der Waals surface area contributed by atoms with E-state index < -0.39 is 8.07 Å². The molecule has 0 bridgehead atoms. The van der Waals surface area contributed by atoms with Gasteiger partial charge in [0.15, 0.2) is 0 Å². The molecule has 0 spiro atoms. The van der Waals surface area contributed by atoms with Crippen LogP contribution in [0.5, 0.6) is 0 Å². The maximum absolute atomic E-state index is 2.44. The van der Waals surface area contributed by atoms with E-state index in [1.165, 1.54) is 12.1 Å². The van der Waals surface area contributed by atoms with Crippen molar-refractivity contribution in [2.75, 3.05) is 0 Å². The minimum Gasteiger partial charge on any atom is -0.0694 e. The van der Waals surface area contributed by atoms with E-state index in [0.29, 0.717) is 0 Å². The summed E-state index contributed by atoms with van der Waals surface area (Å²) in [5, 5.41) is 0. The highest BCUT2D eigenvalue weighted by Gasteiger charge is 2.12. The molecule has 0 aliphatic carbocycles. The lowest BCUT2D eigenvalue weighted by Crippen LogP contribution is -2.21. The van der Waals surface area contributed by atoms with Gasteiger partial charge in [-0.25, -0.2) is 0 Å². The molecule has 0 heterocycles. The van der Waals surface area contributed by atoms with Crippen LogP contribution in [0.15, 0.2) is 0 Å². The Balaban J connectivity index is 3.36. The Morgan fingerprint density at radius 3 is 1.29 bits per heavy atom. The Kier molecular flexibility index (Phi) is 2.58. The van der Waals surface area contributed by atoms with E-state index >= 15 is 0 Å². The molecule has 0 fully saturated rings. The van der Waals surface area contributed by atoms with E-state index in [1.54, 1.807) is 0 Å². The molecule has 0 rings (SSSR count). The van der Waals surface area contributed by atoms with Crippen LogP contribution in [-0.2, 0) is 0 Å². The van der Waals surface area contributed by atoms with Gasteiger partial charge in [0.25, 0.3) is 0 Å².